The second-order valence-corrected chi connectivity index (χ2v) is 20.4. The van der Waals surface area contributed by atoms with Crippen molar-refractivity contribution in [3.05, 3.63) is 35.9 Å². The van der Waals surface area contributed by atoms with E-state index in [-0.39, 0.29) is 44.1 Å². The van der Waals surface area contributed by atoms with Crippen molar-refractivity contribution in [3.8, 4) is 0 Å². The molecule has 0 bridgehead atoms. The summed E-state index contributed by atoms with van der Waals surface area (Å²) in [6.07, 6.45) is 7.55. The minimum Gasteiger partial charge on any atom is -0.445 e. The van der Waals surface area contributed by atoms with E-state index < -0.39 is 84.2 Å². The zero-order chi connectivity index (χ0) is 49.8. The van der Waals surface area contributed by atoms with Crippen LogP contribution in [-0.4, -0.2) is 140 Å². The summed E-state index contributed by atoms with van der Waals surface area (Å²) in [7, 11) is 1.67. The van der Waals surface area contributed by atoms with Gasteiger partial charge in [0.25, 0.3) is 0 Å². The minimum atomic E-state index is -1.43. The molecule has 3 fully saturated rings. The molecule has 1 aromatic carbocycles. The third kappa shape index (κ3) is 19.6. The zero-order valence-corrected chi connectivity index (χ0v) is 42.0. The highest BCUT2D eigenvalue weighted by Crippen LogP contribution is 2.32. The van der Waals surface area contributed by atoms with E-state index in [2.05, 4.69) is 43.7 Å². The quantitative estimate of drug-likeness (QED) is 0.112. The molecule has 382 valence electrons. The normalized spacial score (nSPS) is 24.5. The monoisotopic (exact) mass is 955 g/mol. The molecule has 1 aliphatic heterocycles. The second-order valence-electron chi connectivity index (χ2n) is 20.4. The Labute approximate surface area is 404 Å². The number of carbonyl (C=O) groups excluding carboxylic acids is 7. The van der Waals surface area contributed by atoms with Crippen molar-refractivity contribution < 1.29 is 47.8 Å². The van der Waals surface area contributed by atoms with Crippen LogP contribution in [0.5, 0.6) is 0 Å². The lowest BCUT2D eigenvalue weighted by Gasteiger charge is -2.39. The van der Waals surface area contributed by atoms with Gasteiger partial charge in [-0.3, -0.25) is 28.9 Å². The largest absolute Gasteiger partial charge is 0.445 e. The van der Waals surface area contributed by atoms with Gasteiger partial charge in [0.1, 0.15) is 36.4 Å². The minimum absolute atomic E-state index is 0.0272. The summed E-state index contributed by atoms with van der Waals surface area (Å²) in [5, 5.41) is 17.0. The van der Waals surface area contributed by atoms with E-state index in [1.807, 2.05) is 39.0 Å². The van der Waals surface area contributed by atoms with Gasteiger partial charge < -0.3 is 51.0 Å². The number of hydrogen-bond acceptors (Lipinski definition) is 11. The van der Waals surface area contributed by atoms with Crippen LogP contribution >= 0.6 is 0 Å². The molecule has 1 aromatic rings. The molecule has 68 heavy (non-hydrogen) atoms. The number of ether oxygens (including phenoxy) is 3. The number of nitrogens with zero attached hydrogens (tertiary/aromatic N) is 2. The maximum absolute atomic E-state index is 14.9. The van der Waals surface area contributed by atoms with Crippen molar-refractivity contribution in [3.63, 3.8) is 0 Å². The van der Waals surface area contributed by atoms with E-state index in [9.17, 15) is 33.6 Å². The Balaban J connectivity index is 1.69. The highest BCUT2D eigenvalue weighted by atomic mass is 16.6. The standard InChI is InChI=1S/C50H82N8O10/c1-9-10-22-40-47(63)57(8)41(27-33(2)3)45(61)56-42(37-20-15-12-16-21-37)46(62)54-38(28-52-48(64)67-31-36-18-13-11-14-19-36)43(59)55-39(32-66-26-17-25-51-49(65)68-50(5,6)7)44(60)53-34(4)29-58(40)30-35-23-24-35/h11,13-14,18-19,33-35,37-42H,9-10,12,15-17,20-32H2,1-8H3,(H,51,65)(H,52,64)(H,53,60)(H,54,62)(H,55,59)(H,56,61)/t34-,38+,39+,40+,41+,42?/m1/s1. The lowest BCUT2D eigenvalue weighted by molar-refractivity contribution is -0.145. The summed E-state index contributed by atoms with van der Waals surface area (Å²) in [6, 6.07) is 3.34. The van der Waals surface area contributed by atoms with Gasteiger partial charge in [-0.1, -0.05) is 83.2 Å². The molecule has 1 saturated heterocycles. The van der Waals surface area contributed by atoms with Crippen LogP contribution in [0.15, 0.2) is 30.3 Å². The lowest BCUT2D eigenvalue weighted by Crippen LogP contribution is -2.63. The molecule has 6 N–H and O–H groups in total. The number of unbranched alkanes of at least 4 members (excludes halogenated alkanes) is 1. The molecule has 7 amide bonds. The number of benzene rings is 1. The van der Waals surface area contributed by atoms with Gasteiger partial charge in [0.05, 0.1) is 19.2 Å². The summed E-state index contributed by atoms with van der Waals surface area (Å²) in [5.41, 5.74) is 0.0784. The Hall–Kier alpha value is -4.97. The SMILES string of the molecule is CCCC[C@H]1C(=O)N(C)[C@@H](CC(C)C)C(=O)NC(C2CCCCC2)C(=O)N[C@@H](CNC(=O)OCc2ccccc2)C(=O)N[C@@H](COCCCNC(=O)OC(C)(C)C)C(=O)N[C@H](C)CN1CC1CC1. The van der Waals surface area contributed by atoms with Crippen LogP contribution in [0.25, 0.3) is 0 Å². The first-order valence-electron chi connectivity index (χ1n) is 25.1. The third-order valence-electron chi connectivity index (χ3n) is 12.5. The second kappa shape index (κ2) is 27.9. The molecule has 1 heterocycles. The van der Waals surface area contributed by atoms with Crippen LogP contribution in [0.2, 0.25) is 0 Å². The smallest absolute Gasteiger partial charge is 0.407 e. The highest BCUT2D eigenvalue weighted by molar-refractivity contribution is 5.96. The highest BCUT2D eigenvalue weighted by Gasteiger charge is 2.41. The molecule has 3 aliphatic rings. The Kier molecular flexibility index (Phi) is 22.8. The number of hydrogen-bond donors (Lipinski definition) is 6. The Morgan fingerprint density at radius 1 is 0.809 bits per heavy atom. The molecule has 18 nitrogen and oxygen atoms in total. The summed E-state index contributed by atoms with van der Waals surface area (Å²) in [6.45, 7) is 13.8. The molecular weight excluding hydrogens is 873 g/mol. The molecule has 0 spiro atoms. The molecule has 1 unspecified atom stereocenters. The van der Waals surface area contributed by atoms with Gasteiger partial charge in [-0.25, -0.2) is 9.59 Å². The lowest BCUT2D eigenvalue weighted by atomic mass is 9.83. The van der Waals surface area contributed by atoms with Gasteiger partial charge in [-0.05, 0) is 96.0 Å². The Bertz CT molecular complexity index is 1780. The first-order chi connectivity index (χ1) is 32.3. The van der Waals surface area contributed by atoms with E-state index >= 15 is 0 Å². The summed E-state index contributed by atoms with van der Waals surface area (Å²) < 4.78 is 16.7. The van der Waals surface area contributed by atoms with Gasteiger partial charge in [0.2, 0.25) is 29.5 Å². The van der Waals surface area contributed by atoms with Gasteiger partial charge in [-0.2, -0.15) is 0 Å². The Morgan fingerprint density at radius 3 is 2.13 bits per heavy atom. The number of carbonyl (C=O) groups is 7. The average molecular weight is 955 g/mol. The Morgan fingerprint density at radius 2 is 1.49 bits per heavy atom. The molecule has 18 heteroatoms. The number of nitrogens with one attached hydrogen (secondary N) is 6. The predicted octanol–water partition coefficient (Wildman–Crippen LogP) is 4.54. The molecule has 6 atom stereocenters. The fourth-order valence-corrected chi connectivity index (χ4v) is 8.72. The molecule has 4 rings (SSSR count). The van der Waals surface area contributed by atoms with Gasteiger partial charge in [-0.15, -0.1) is 0 Å². The van der Waals surface area contributed by atoms with Crippen LogP contribution in [0.4, 0.5) is 9.59 Å². The first kappa shape index (κ1) is 55.6. The topological polar surface area (TPSA) is 226 Å². The maximum Gasteiger partial charge on any atom is 0.407 e. The van der Waals surface area contributed by atoms with Crippen molar-refractivity contribution in [2.75, 3.05) is 46.4 Å². The number of amides is 7. The van der Waals surface area contributed by atoms with E-state index in [1.54, 1.807) is 44.9 Å². The summed E-state index contributed by atoms with van der Waals surface area (Å²) >= 11 is 0. The van der Waals surface area contributed by atoms with Crippen LogP contribution in [0, 0.1) is 17.8 Å². The molecular formula is C50H82N8O10. The van der Waals surface area contributed by atoms with E-state index in [0.717, 1.165) is 50.5 Å². The molecule has 2 aliphatic carbocycles. The van der Waals surface area contributed by atoms with Crippen LogP contribution < -0.4 is 31.9 Å². The molecule has 0 radical (unpaired) electrons. The van der Waals surface area contributed by atoms with Crippen molar-refractivity contribution in [2.45, 2.75) is 174 Å². The third-order valence-corrected chi connectivity index (χ3v) is 12.5. The van der Waals surface area contributed by atoms with Crippen molar-refractivity contribution >= 4 is 41.7 Å². The number of alkyl carbamates (subject to hydrolysis) is 2. The molecule has 0 aromatic heterocycles. The van der Waals surface area contributed by atoms with Gasteiger partial charge in [0.15, 0.2) is 0 Å². The van der Waals surface area contributed by atoms with Crippen LogP contribution in [0.1, 0.15) is 131 Å². The molecule has 2 saturated carbocycles. The predicted molar refractivity (Wildman–Crippen MR) is 258 cm³/mol. The van der Waals surface area contributed by atoms with Crippen LogP contribution in [0.3, 0.4) is 0 Å². The fourth-order valence-electron chi connectivity index (χ4n) is 8.72. The van der Waals surface area contributed by atoms with Gasteiger partial charge >= 0.3 is 12.2 Å². The van der Waals surface area contributed by atoms with Crippen molar-refractivity contribution in [1.82, 2.24) is 41.7 Å². The summed E-state index contributed by atoms with van der Waals surface area (Å²) in [4.78, 5) is 102. The number of likely N-dealkylation sites (N-methyl/N-ethyl adjacent to an activating group) is 1. The van der Waals surface area contributed by atoms with Crippen molar-refractivity contribution in [2.24, 2.45) is 17.8 Å². The van der Waals surface area contributed by atoms with E-state index in [4.69, 9.17) is 14.2 Å². The first-order valence-corrected chi connectivity index (χ1v) is 25.1. The van der Waals surface area contributed by atoms with Crippen molar-refractivity contribution in [1.29, 1.82) is 0 Å². The maximum atomic E-state index is 14.9. The van der Waals surface area contributed by atoms with E-state index in [1.165, 1.54) is 0 Å². The van der Waals surface area contributed by atoms with E-state index in [0.29, 0.717) is 51.1 Å². The average Bonchev–Trinajstić information content (AvgIpc) is 4.12. The zero-order valence-electron chi connectivity index (χ0n) is 42.0. The van der Waals surface area contributed by atoms with Gasteiger partial charge in [0, 0.05) is 39.3 Å². The van der Waals surface area contributed by atoms with Crippen LogP contribution in [-0.2, 0) is 44.8 Å². The fraction of sp³-hybridized carbons (Fsp3) is 0.740. The number of rotatable bonds is 18. The summed E-state index contributed by atoms with van der Waals surface area (Å²) in [5.74, 6) is -2.45.